The summed E-state index contributed by atoms with van der Waals surface area (Å²) in [6, 6.07) is 7.53. The van der Waals surface area contributed by atoms with Crippen LogP contribution in [0.15, 0.2) is 35.4 Å². The van der Waals surface area contributed by atoms with Crippen LogP contribution in [-0.4, -0.2) is 58.3 Å². The van der Waals surface area contributed by atoms with Crippen LogP contribution in [-0.2, 0) is 6.54 Å². The van der Waals surface area contributed by atoms with Gasteiger partial charge in [-0.1, -0.05) is 0 Å². The molecule has 1 aliphatic heterocycles. The lowest BCUT2D eigenvalue weighted by molar-refractivity contribution is -0.0299. The van der Waals surface area contributed by atoms with Crippen LogP contribution in [0.2, 0.25) is 0 Å². The Morgan fingerprint density at radius 2 is 1.84 bits per heavy atom. The van der Waals surface area contributed by atoms with Crippen LogP contribution in [0.25, 0.3) is 10.2 Å². The standard InChI is InChI=1S/C23H28N4O3S/c1-15-16(2)31-20-19(15)22(29)27(14-24-20)13-23(30)9-11-26(12-10-23)21(28)17-5-7-18(8-6-17)25(3)4/h5-8,14,30H,9-13H2,1-4H3. The van der Waals surface area contributed by atoms with Crippen molar-refractivity contribution in [3.63, 3.8) is 0 Å². The maximum absolute atomic E-state index is 13.0. The lowest BCUT2D eigenvalue weighted by atomic mass is 9.91. The number of likely N-dealkylation sites (tertiary alicyclic amines) is 1. The zero-order chi connectivity index (χ0) is 22.3. The van der Waals surface area contributed by atoms with Gasteiger partial charge in [0.25, 0.3) is 11.5 Å². The Bertz CT molecular complexity index is 1170. The van der Waals surface area contributed by atoms with E-state index in [2.05, 4.69) is 4.98 Å². The summed E-state index contributed by atoms with van der Waals surface area (Å²) in [5.41, 5.74) is 1.49. The third-order valence-electron chi connectivity index (χ3n) is 6.23. The van der Waals surface area contributed by atoms with Gasteiger partial charge in [0.15, 0.2) is 0 Å². The molecule has 31 heavy (non-hydrogen) atoms. The van der Waals surface area contributed by atoms with Crippen molar-refractivity contribution in [2.75, 3.05) is 32.1 Å². The minimum Gasteiger partial charge on any atom is -0.388 e. The van der Waals surface area contributed by atoms with E-state index in [0.29, 0.717) is 36.9 Å². The average Bonchev–Trinajstić information content (AvgIpc) is 3.04. The number of thiophene rings is 1. The summed E-state index contributed by atoms with van der Waals surface area (Å²) in [4.78, 5) is 35.8. The summed E-state index contributed by atoms with van der Waals surface area (Å²) in [6.07, 6.45) is 2.36. The Morgan fingerprint density at radius 1 is 1.19 bits per heavy atom. The van der Waals surface area contributed by atoms with Crippen molar-refractivity contribution in [1.29, 1.82) is 0 Å². The van der Waals surface area contributed by atoms with Gasteiger partial charge in [0.2, 0.25) is 0 Å². The van der Waals surface area contributed by atoms with Crippen molar-refractivity contribution in [2.24, 2.45) is 0 Å². The fourth-order valence-corrected chi connectivity index (χ4v) is 5.06. The number of carbonyl (C=O) groups is 1. The van der Waals surface area contributed by atoms with Crippen molar-refractivity contribution in [3.05, 3.63) is 57.0 Å². The predicted molar refractivity (Wildman–Crippen MR) is 124 cm³/mol. The molecule has 1 aliphatic rings. The SMILES string of the molecule is Cc1sc2ncn(CC3(O)CCN(C(=O)c4ccc(N(C)C)cc4)CC3)c(=O)c2c1C. The van der Waals surface area contributed by atoms with Gasteiger partial charge in [-0.05, 0) is 56.5 Å². The van der Waals surface area contributed by atoms with Crippen LogP contribution in [0, 0.1) is 13.8 Å². The highest BCUT2D eigenvalue weighted by atomic mass is 32.1. The second-order valence-electron chi connectivity index (χ2n) is 8.60. The summed E-state index contributed by atoms with van der Waals surface area (Å²) >= 11 is 1.52. The van der Waals surface area contributed by atoms with Gasteiger partial charge in [-0.25, -0.2) is 4.98 Å². The fraction of sp³-hybridized carbons (Fsp3) is 0.435. The van der Waals surface area contributed by atoms with Crippen LogP contribution < -0.4 is 10.5 Å². The van der Waals surface area contributed by atoms with Crippen LogP contribution in [0.4, 0.5) is 5.69 Å². The predicted octanol–water partition coefficient (Wildman–Crippen LogP) is 2.81. The molecule has 2 aromatic heterocycles. The van der Waals surface area contributed by atoms with E-state index in [4.69, 9.17) is 0 Å². The number of amides is 1. The summed E-state index contributed by atoms with van der Waals surface area (Å²) in [5, 5.41) is 11.8. The molecule has 0 saturated carbocycles. The monoisotopic (exact) mass is 440 g/mol. The van der Waals surface area contributed by atoms with Crippen molar-refractivity contribution in [2.45, 2.75) is 38.8 Å². The number of rotatable bonds is 4. The molecule has 1 saturated heterocycles. The van der Waals surface area contributed by atoms with E-state index >= 15 is 0 Å². The first kappa shape index (κ1) is 21.5. The molecule has 3 heterocycles. The molecule has 164 valence electrons. The molecule has 8 heteroatoms. The van der Waals surface area contributed by atoms with E-state index in [1.165, 1.54) is 22.2 Å². The minimum absolute atomic E-state index is 0.0306. The van der Waals surface area contributed by atoms with Gasteiger partial charge in [-0.2, -0.15) is 0 Å². The third-order valence-corrected chi connectivity index (χ3v) is 7.35. The molecular weight excluding hydrogens is 412 g/mol. The lowest BCUT2D eigenvalue weighted by Gasteiger charge is -2.38. The van der Waals surface area contributed by atoms with Crippen LogP contribution in [0.3, 0.4) is 0 Å². The molecule has 3 aromatic rings. The van der Waals surface area contributed by atoms with Crippen molar-refractivity contribution >= 4 is 33.1 Å². The number of anilines is 1. The molecule has 1 fully saturated rings. The highest BCUT2D eigenvalue weighted by molar-refractivity contribution is 7.18. The van der Waals surface area contributed by atoms with E-state index in [1.54, 1.807) is 4.90 Å². The number of aryl methyl sites for hydroxylation is 2. The molecule has 0 spiro atoms. The molecule has 1 N–H and O–H groups in total. The largest absolute Gasteiger partial charge is 0.388 e. The second-order valence-corrected chi connectivity index (χ2v) is 9.80. The van der Waals surface area contributed by atoms with Crippen molar-refractivity contribution in [1.82, 2.24) is 14.5 Å². The fourth-order valence-electron chi connectivity index (χ4n) is 4.07. The zero-order valence-electron chi connectivity index (χ0n) is 18.4. The highest BCUT2D eigenvalue weighted by Crippen LogP contribution is 2.28. The number of piperidine rings is 1. The summed E-state index contributed by atoms with van der Waals surface area (Å²) < 4.78 is 1.51. The van der Waals surface area contributed by atoms with Gasteiger partial charge in [0, 0.05) is 43.3 Å². The molecule has 0 bridgehead atoms. The van der Waals surface area contributed by atoms with Gasteiger partial charge in [-0.3, -0.25) is 14.2 Å². The number of fused-ring (bicyclic) bond motifs is 1. The molecular formula is C23H28N4O3S. The molecule has 0 atom stereocenters. The number of benzene rings is 1. The lowest BCUT2D eigenvalue weighted by Crippen LogP contribution is -2.49. The van der Waals surface area contributed by atoms with E-state index in [1.807, 2.05) is 57.1 Å². The molecule has 0 unspecified atom stereocenters. The van der Waals surface area contributed by atoms with Crippen molar-refractivity contribution < 1.29 is 9.90 Å². The van der Waals surface area contributed by atoms with Crippen LogP contribution in [0.5, 0.6) is 0 Å². The number of hydrogen-bond donors (Lipinski definition) is 1. The van der Waals surface area contributed by atoms with Crippen LogP contribution in [0.1, 0.15) is 33.6 Å². The Kier molecular flexibility index (Phi) is 5.61. The smallest absolute Gasteiger partial charge is 0.262 e. The Labute approximate surface area is 185 Å². The first-order valence-corrected chi connectivity index (χ1v) is 11.2. The Hall–Kier alpha value is -2.71. The first-order valence-electron chi connectivity index (χ1n) is 10.4. The number of nitrogens with zero attached hydrogens (tertiary/aromatic N) is 4. The molecule has 0 aliphatic carbocycles. The Balaban J connectivity index is 1.46. The normalized spacial score (nSPS) is 16.0. The third kappa shape index (κ3) is 4.09. The highest BCUT2D eigenvalue weighted by Gasteiger charge is 2.35. The van der Waals surface area contributed by atoms with Gasteiger partial charge in [0.05, 0.1) is 23.9 Å². The number of aliphatic hydroxyl groups is 1. The van der Waals surface area contributed by atoms with Gasteiger partial charge >= 0.3 is 0 Å². The number of aromatic nitrogens is 2. The van der Waals surface area contributed by atoms with E-state index < -0.39 is 5.60 Å². The topological polar surface area (TPSA) is 78.7 Å². The summed E-state index contributed by atoms with van der Waals surface area (Å²) in [7, 11) is 3.92. The molecule has 4 rings (SSSR count). The van der Waals surface area contributed by atoms with Gasteiger partial charge in [0.1, 0.15) is 4.83 Å². The van der Waals surface area contributed by atoms with E-state index in [-0.39, 0.29) is 18.0 Å². The average molecular weight is 441 g/mol. The number of carbonyl (C=O) groups excluding carboxylic acids is 1. The van der Waals surface area contributed by atoms with Crippen molar-refractivity contribution in [3.8, 4) is 0 Å². The quantitative estimate of drug-likeness (QED) is 0.675. The zero-order valence-corrected chi connectivity index (χ0v) is 19.2. The van der Waals surface area contributed by atoms with E-state index in [0.717, 1.165) is 21.0 Å². The molecule has 1 amide bonds. The maximum atomic E-state index is 13.0. The van der Waals surface area contributed by atoms with Crippen LogP contribution >= 0.6 is 11.3 Å². The molecule has 7 nitrogen and oxygen atoms in total. The summed E-state index contributed by atoms with van der Waals surface area (Å²) in [6.45, 7) is 5.01. The first-order chi connectivity index (χ1) is 14.7. The molecule has 0 radical (unpaired) electrons. The number of hydrogen-bond acceptors (Lipinski definition) is 6. The maximum Gasteiger partial charge on any atom is 0.262 e. The van der Waals surface area contributed by atoms with E-state index in [9.17, 15) is 14.7 Å². The van der Waals surface area contributed by atoms with Gasteiger partial charge < -0.3 is 14.9 Å². The molecule has 1 aromatic carbocycles. The Morgan fingerprint density at radius 3 is 2.45 bits per heavy atom. The van der Waals surface area contributed by atoms with Gasteiger partial charge in [-0.15, -0.1) is 11.3 Å². The second kappa shape index (κ2) is 8.09. The minimum atomic E-state index is -1.04. The summed E-state index contributed by atoms with van der Waals surface area (Å²) in [5.74, 6) is -0.0306.